The zero-order valence-corrected chi connectivity index (χ0v) is 14.7. The molecule has 1 aliphatic rings. The van der Waals surface area contributed by atoms with Gasteiger partial charge in [-0.05, 0) is 17.7 Å². The number of nitrogens with zero attached hydrogens (tertiary/aromatic N) is 2. The van der Waals surface area contributed by atoms with Crippen molar-refractivity contribution in [3.8, 4) is 0 Å². The van der Waals surface area contributed by atoms with E-state index in [1.165, 1.54) is 22.5 Å². The number of nitrogens with one attached hydrogen (secondary N) is 1. The smallest absolute Gasteiger partial charge is 0.293 e. The van der Waals surface area contributed by atoms with E-state index in [9.17, 15) is 18.5 Å². The minimum atomic E-state index is -3.42. The van der Waals surface area contributed by atoms with Crippen molar-refractivity contribution < 1.29 is 13.3 Å². The number of benzene rings is 2. The minimum absolute atomic E-state index is 0.111. The standard InChI is InChI=1S/C16H16ClN3O4S/c17-13-6-7-15(16(8-13)20(21)22)18-14-10-19(25(23,24)11-14)9-12-4-2-1-3-5-12/h1-8,14,18H,9-11H2/t14-/m0/s1. The monoisotopic (exact) mass is 381 g/mol. The molecule has 1 fully saturated rings. The van der Waals surface area contributed by atoms with Gasteiger partial charge in [0.2, 0.25) is 10.0 Å². The van der Waals surface area contributed by atoms with Crippen LogP contribution in [0.15, 0.2) is 48.5 Å². The first kappa shape index (κ1) is 17.7. The third kappa shape index (κ3) is 4.09. The maximum Gasteiger partial charge on any atom is 0.293 e. The highest BCUT2D eigenvalue weighted by Crippen LogP contribution is 2.30. The number of halogens is 1. The van der Waals surface area contributed by atoms with Gasteiger partial charge in [-0.3, -0.25) is 10.1 Å². The zero-order valence-electron chi connectivity index (χ0n) is 13.1. The van der Waals surface area contributed by atoms with Crippen LogP contribution in [-0.4, -0.2) is 36.0 Å². The molecule has 2 aromatic carbocycles. The molecule has 0 aromatic heterocycles. The molecule has 25 heavy (non-hydrogen) atoms. The lowest BCUT2D eigenvalue weighted by atomic mass is 10.2. The van der Waals surface area contributed by atoms with E-state index in [4.69, 9.17) is 11.6 Å². The molecule has 0 saturated carbocycles. The summed E-state index contributed by atoms with van der Waals surface area (Å²) in [5, 5.41) is 14.4. The second-order valence-corrected chi connectivity index (χ2v) is 8.27. The van der Waals surface area contributed by atoms with Gasteiger partial charge in [0.25, 0.3) is 5.69 Å². The Labute approximate surface area is 150 Å². The van der Waals surface area contributed by atoms with Crippen molar-refractivity contribution in [3.05, 3.63) is 69.2 Å². The second-order valence-electron chi connectivity index (χ2n) is 5.82. The normalized spacial score (nSPS) is 19.6. The summed E-state index contributed by atoms with van der Waals surface area (Å²) in [6.45, 7) is 0.529. The molecule has 3 rings (SSSR count). The van der Waals surface area contributed by atoms with Crippen LogP contribution < -0.4 is 5.32 Å². The molecule has 1 aliphatic heterocycles. The highest BCUT2D eigenvalue weighted by atomic mass is 35.5. The molecule has 0 spiro atoms. The molecule has 1 atom stereocenters. The van der Waals surface area contributed by atoms with E-state index in [2.05, 4.69) is 5.32 Å². The van der Waals surface area contributed by atoms with Gasteiger partial charge in [-0.2, -0.15) is 4.31 Å². The van der Waals surface area contributed by atoms with Crippen LogP contribution in [0.25, 0.3) is 0 Å². The number of sulfonamides is 1. The van der Waals surface area contributed by atoms with Crippen molar-refractivity contribution >= 4 is 33.0 Å². The molecule has 0 aliphatic carbocycles. The van der Waals surface area contributed by atoms with Gasteiger partial charge in [-0.15, -0.1) is 0 Å². The Morgan fingerprint density at radius 3 is 2.64 bits per heavy atom. The molecular weight excluding hydrogens is 366 g/mol. The van der Waals surface area contributed by atoms with E-state index in [0.717, 1.165) is 5.56 Å². The summed E-state index contributed by atoms with van der Waals surface area (Å²) in [5.41, 5.74) is 0.978. The Kier molecular flexibility index (Phi) is 4.94. The highest BCUT2D eigenvalue weighted by Gasteiger charge is 2.36. The van der Waals surface area contributed by atoms with Crippen LogP contribution in [0.2, 0.25) is 5.02 Å². The van der Waals surface area contributed by atoms with Crippen LogP contribution in [0.4, 0.5) is 11.4 Å². The fraction of sp³-hybridized carbons (Fsp3) is 0.250. The van der Waals surface area contributed by atoms with Crippen LogP contribution in [-0.2, 0) is 16.6 Å². The highest BCUT2D eigenvalue weighted by molar-refractivity contribution is 7.89. The molecule has 9 heteroatoms. The first-order valence-electron chi connectivity index (χ1n) is 7.57. The molecule has 132 valence electrons. The van der Waals surface area contributed by atoms with E-state index in [1.54, 1.807) is 0 Å². The number of nitro groups is 1. The molecule has 2 aromatic rings. The summed E-state index contributed by atoms with van der Waals surface area (Å²) in [7, 11) is -3.42. The number of hydrogen-bond donors (Lipinski definition) is 1. The summed E-state index contributed by atoms with van der Waals surface area (Å²) < 4.78 is 26.1. The largest absolute Gasteiger partial charge is 0.374 e. The van der Waals surface area contributed by atoms with Crippen LogP contribution >= 0.6 is 11.6 Å². The van der Waals surface area contributed by atoms with Gasteiger partial charge in [0, 0.05) is 24.2 Å². The molecule has 1 saturated heterocycles. The third-order valence-corrected chi connectivity index (χ3v) is 6.07. The SMILES string of the molecule is O=[N+]([O-])c1cc(Cl)ccc1N[C@H]1CN(Cc2ccccc2)S(=O)(=O)C1. The Morgan fingerprint density at radius 1 is 1.24 bits per heavy atom. The summed E-state index contributed by atoms with van der Waals surface area (Å²) in [5.74, 6) is -0.111. The zero-order chi connectivity index (χ0) is 18.0. The fourth-order valence-corrected chi connectivity index (χ4v) is 4.63. The van der Waals surface area contributed by atoms with Gasteiger partial charge < -0.3 is 5.32 Å². The average Bonchev–Trinajstić information content (AvgIpc) is 2.83. The lowest BCUT2D eigenvalue weighted by Crippen LogP contribution is -2.27. The first-order valence-corrected chi connectivity index (χ1v) is 9.56. The number of hydrogen-bond acceptors (Lipinski definition) is 5. The number of anilines is 1. The summed E-state index contributed by atoms with van der Waals surface area (Å²) in [6, 6.07) is 13.1. The van der Waals surface area contributed by atoms with Gasteiger partial charge in [0.15, 0.2) is 0 Å². The Morgan fingerprint density at radius 2 is 1.96 bits per heavy atom. The summed E-state index contributed by atoms with van der Waals surface area (Å²) in [4.78, 5) is 10.6. The fourth-order valence-electron chi connectivity index (χ4n) is 2.81. The molecular formula is C16H16ClN3O4S. The maximum absolute atomic E-state index is 12.4. The first-order chi connectivity index (χ1) is 11.8. The van der Waals surface area contributed by atoms with Gasteiger partial charge in [0.05, 0.1) is 16.7 Å². The molecule has 0 unspecified atom stereocenters. The predicted molar refractivity (Wildman–Crippen MR) is 96.2 cm³/mol. The van der Waals surface area contributed by atoms with Gasteiger partial charge in [-0.25, -0.2) is 8.42 Å². The predicted octanol–water partition coefficient (Wildman–Crippen LogP) is 2.87. The van der Waals surface area contributed by atoms with Crippen molar-refractivity contribution in [2.75, 3.05) is 17.6 Å². The molecule has 7 nitrogen and oxygen atoms in total. The van der Waals surface area contributed by atoms with E-state index >= 15 is 0 Å². The summed E-state index contributed by atoms with van der Waals surface area (Å²) in [6.07, 6.45) is 0. The van der Waals surface area contributed by atoms with Gasteiger partial charge in [-0.1, -0.05) is 41.9 Å². The average molecular weight is 382 g/mol. The number of nitro benzene ring substituents is 1. The van der Waals surface area contributed by atoms with E-state index in [0.29, 0.717) is 0 Å². The molecule has 1 N–H and O–H groups in total. The topological polar surface area (TPSA) is 92.6 Å². The lowest BCUT2D eigenvalue weighted by molar-refractivity contribution is -0.384. The Balaban J connectivity index is 1.77. The molecule has 0 amide bonds. The Bertz CT molecular complexity index is 890. The number of rotatable bonds is 5. The van der Waals surface area contributed by atoms with Crippen LogP contribution in [0.1, 0.15) is 5.56 Å². The maximum atomic E-state index is 12.4. The van der Waals surface area contributed by atoms with Crippen LogP contribution in [0.5, 0.6) is 0 Å². The molecule has 1 heterocycles. The van der Waals surface area contributed by atoms with Crippen LogP contribution in [0, 0.1) is 10.1 Å². The Hall–Kier alpha value is -2.16. The van der Waals surface area contributed by atoms with E-state index < -0.39 is 21.0 Å². The van der Waals surface area contributed by atoms with Gasteiger partial charge >= 0.3 is 0 Å². The van der Waals surface area contributed by atoms with Gasteiger partial charge in [0.1, 0.15) is 5.69 Å². The van der Waals surface area contributed by atoms with E-state index in [1.807, 2.05) is 30.3 Å². The third-order valence-electron chi connectivity index (χ3n) is 3.95. The van der Waals surface area contributed by atoms with Crippen molar-refractivity contribution in [1.29, 1.82) is 0 Å². The molecule has 0 bridgehead atoms. The lowest BCUT2D eigenvalue weighted by Gasteiger charge is -2.15. The van der Waals surface area contributed by atoms with Crippen molar-refractivity contribution in [1.82, 2.24) is 4.31 Å². The van der Waals surface area contributed by atoms with E-state index in [-0.39, 0.29) is 35.2 Å². The quantitative estimate of drug-likeness (QED) is 0.635. The van der Waals surface area contributed by atoms with Crippen molar-refractivity contribution in [3.63, 3.8) is 0 Å². The minimum Gasteiger partial charge on any atom is -0.374 e. The van der Waals surface area contributed by atoms with Crippen LogP contribution in [0.3, 0.4) is 0 Å². The summed E-state index contributed by atoms with van der Waals surface area (Å²) >= 11 is 5.80. The molecule has 0 radical (unpaired) electrons. The van der Waals surface area contributed by atoms with Crippen molar-refractivity contribution in [2.45, 2.75) is 12.6 Å². The second kappa shape index (κ2) is 6.99. The van der Waals surface area contributed by atoms with Crippen molar-refractivity contribution in [2.24, 2.45) is 0 Å².